The van der Waals surface area contributed by atoms with E-state index in [1.807, 2.05) is 18.2 Å². The minimum atomic E-state index is -0.193. The van der Waals surface area contributed by atoms with E-state index in [1.165, 1.54) is 0 Å². The van der Waals surface area contributed by atoms with E-state index in [-0.39, 0.29) is 6.04 Å². The molecule has 1 heterocycles. The average molecular weight is 247 g/mol. The summed E-state index contributed by atoms with van der Waals surface area (Å²) in [5.41, 5.74) is 7.10. The van der Waals surface area contributed by atoms with Gasteiger partial charge in [-0.3, -0.25) is 0 Å². The van der Waals surface area contributed by atoms with Crippen molar-refractivity contribution in [3.63, 3.8) is 0 Å². The van der Waals surface area contributed by atoms with Crippen molar-refractivity contribution in [3.8, 4) is 11.5 Å². The second kappa shape index (κ2) is 5.55. The number of hydrogen-bond donors (Lipinski definition) is 2. The lowest BCUT2D eigenvalue weighted by atomic mass is 10.0. The first kappa shape index (κ1) is 12.4. The number of hydrogen-bond acceptors (Lipinski definition) is 4. The van der Waals surface area contributed by atoms with Gasteiger partial charge in [-0.05, 0) is 18.2 Å². The molecule has 1 unspecified atom stereocenters. The van der Waals surface area contributed by atoms with Crippen LogP contribution in [0.5, 0.6) is 11.5 Å². The summed E-state index contributed by atoms with van der Waals surface area (Å²) in [6, 6.07) is 5.41. The van der Waals surface area contributed by atoms with Crippen LogP contribution in [0.1, 0.15) is 17.4 Å². The van der Waals surface area contributed by atoms with Crippen molar-refractivity contribution < 1.29 is 9.47 Å². The molecule has 1 aromatic heterocycles. The fourth-order valence-corrected chi connectivity index (χ4v) is 1.86. The SMILES string of the molecule is COc1ccc(OC)c(C(N)Cc2ncc[nH]2)c1. The van der Waals surface area contributed by atoms with Gasteiger partial charge in [-0.1, -0.05) is 0 Å². The van der Waals surface area contributed by atoms with Gasteiger partial charge in [0.15, 0.2) is 0 Å². The molecule has 0 fully saturated rings. The van der Waals surface area contributed by atoms with Gasteiger partial charge in [-0.2, -0.15) is 0 Å². The normalized spacial score (nSPS) is 12.2. The van der Waals surface area contributed by atoms with Gasteiger partial charge < -0.3 is 20.2 Å². The number of nitrogens with zero attached hydrogens (tertiary/aromatic N) is 1. The van der Waals surface area contributed by atoms with E-state index >= 15 is 0 Å². The molecule has 2 aromatic rings. The van der Waals surface area contributed by atoms with Crippen molar-refractivity contribution in [2.75, 3.05) is 14.2 Å². The zero-order valence-corrected chi connectivity index (χ0v) is 10.5. The Balaban J connectivity index is 2.24. The van der Waals surface area contributed by atoms with Crippen LogP contribution in [-0.2, 0) is 6.42 Å². The largest absolute Gasteiger partial charge is 0.497 e. The molecule has 0 bridgehead atoms. The number of rotatable bonds is 5. The predicted octanol–water partition coefficient (Wildman–Crippen LogP) is 1.67. The summed E-state index contributed by atoms with van der Waals surface area (Å²) in [6.07, 6.45) is 4.12. The van der Waals surface area contributed by atoms with Gasteiger partial charge in [-0.25, -0.2) is 4.98 Å². The van der Waals surface area contributed by atoms with E-state index in [0.29, 0.717) is 6.42 Å². The smallest absolute Gasteiger partial charge is 0.123 e. The van der Waals surface area contributed by atoms with Crippen molar-refractivity contribution in [1.29, 1.82) is 0 Å². The van der Waals surface area contributed by atoms with Gasteiger partial charge in [0.05, 0.1) is 14.2 Å². The first-order valence-electron chi connectivity index (χ1n) is 5.70. The number of nitrogens with two attached hydrogens (primary N) is 1. The van der Waals surface area contributed by atoms with Crippen LogP contribution >= 0.6 is 0 Å². The number of nitrogens with one attached hydrogen (secondary N) is 1. The molecule has 0 aliphatic rings. The third-order valence-electron chi connectivity index (χ3n) is 2.80. The molecule has 1 aromatic carbocycles. The number of imidazole rings is 1. The number of H-pyrrole nitrogens is 1. The highest BCUT2D eigenvalue weighted by atomic mass is 16.5. The lowest BCUT2D eigenvalue weighted by molar-refractivity contribution is 0.395. The van der Waals surface area contributed by atoms with Crippen LogP contribution in [0.4, 0.5) is 0 Å². The summed E-state index contributed by atoms with van der Waals surface area (Å²) in [4.78, 5) is 7.21. The second-order valence-electron chi connectivity index (χ2n) is 3.95. The molecule has 18 heavy (non-hydrogen) atoms. The zero-order chi connectivity index (χ0) is 13.0. The second-order valence-corrected chi connectivity index (χ2v) is 3.95. The first-order valence-corrected chi connectivity index (χ1v) is 5.70. The standard InChI is InChI=1S/C13H17N3O2/c1-17-9-3-4-12(18-2)10(7-9)11(14)8-13-15-5-6-16-13/h3-7,11H,8,14H2,1-2H3,(H,15,16). The third-order valence-corrected chi connectivity index (χ3v) is 2.80. The summed E-state index contributed by atoms with van der Waals surface area (Å²) in [5.74, 6) is 2.38. The van der Waals surface area contributed by atoms with Crippen molar-refractivity contribution in [3.05, 3.63) is 42.0 Å². The zero-order valence-electron chi connectivity index (χ0n) is 10.5. The van der Waals surface area contributed by atoms with Crippen LogP contribution in [-0.4, -0.2) is 24.2 Å². The summed E-state index contributed by atoms with van der Waals surface area (Å²) in [7, 11) is 3.26. The molecule has 0 aliphatic carbocycles. The maximum absolute atomic E-state index is 6.19. The molecule has 3 N–H and O–H groups in total. The van der Waals surface area contributed by atoms with E-state index in [9.17, 15) is 0 Å². The quantitative estimate of drug-likeness (QED) is 0.843. The third kappa shape index (κ3) is 2.62. The molecule has 0 amide bonds. The maximum Gasteiger partial charge on any atom is 0.123 e. The highest BCUT2D eigenvalue weighted by molar-refractivity contribution is 5.42. The minimum Gasteiger partial charge on any atom is -0.497 e. The van der Waals surface area contributed by atoms with E-state index in [0.717, 1.165) is 22.9 Å². The molecule has 96 valence electrons. The van der Waals surface area contributed by atoms with Crippen molar-refractivity contribution in [2.45, 2.75) is 12.5 Å². The van der Waals surface area contributed by atoms with E-state index < -0.39 is 0 Å². The lowest BCUT2D eigenvalue weighted by Crippen LogP contribution is -2.15. The fourth-order valence-electron chi connectivity index (χ4n) is 1.86. The monoisotopic (exact) mass is 247 g/mol. The first-order chi connectivity index (χ1) is 8.74. The molecule has 5 heteroatoms. The lowest BCUT2D eigenvalue weighted by Gasteiger charge is -2.15. The number of ether oxygens (including phenoxy) is 2. The van der Waals surface area contributed by atoms with E-state index in [4.69, 9.17) is 15.2 Å². The molecular weight excluding hydrogens is 230 g/mol. The molecule has 0 saturated carbocycles. The Labute approximate surface area is 106 Å². The Morgan fingerprint density at radius 2 is 2.17 bits per heavy atom. The van der Waals surface area contributed by atoms with E-state index in [1.54, 1.807) is 26.6 Å². The molecule has 0 radical (unpaired) electrons. The minimum absolute atomic E-state index is 0.193. The highest BCUT2D eigenvalue weighted by Crippen LogP contribution is 2.29. The van der Waals surface area contributed by atoms with Crippen LogP contribution in [0.25, 0.3) is 0 Å². The number of methoxy groups -OCH3 is 2. The van der Waals surface area contributed by atoms with E-state index in [2.05, 4.69) is 9.97 Å². The van der Waals surface area contributed by atoms with Gasteiger partial charge in [0.1, 0.15) is 17.3 Å². The van der Waals surface area contributed by atoms with Crippen LogP contribution in [0.2, 0.25) is 0 Å². The van der Waals surface area contributed by atoms with Crippen LogP contribution in [0.3, 0.4) is 0 Å². The molecule has 1 atom stereocenters. The number of benzene rings is 1. The molecule has 0 spiro atoms. The number of aromatic nitrogens is 2. The molecule has 5 nitrogen and oxygen atoms in total. The number of aromatic amines is 1. The highest BCUT2D eigenvalue weighted by Gasteiger charge is 2.14. The summed E-state index contributed by atoms with van der Waals surface area (Å²) in [5, 5.41) is 0. The molecule has 2 rings (SSSR count). The van der Waals surface area contributed by atoms with Crippen LogP contribution in [0.15, 0.2) is 30.6 Å². The van der Waals surface area contributed by atoms with Gasteiger partial charge in [0.25, 0.3) is 0 Å². The van der Waals surface area contributed by atoms with Crippen LogP contribution < -0.4 is 15.2 Å². The summed E-state index contributed by atoms with van der Waals surface area (Å²) in [6.45, 7) is 0. The Morgan fingerprint density at radius 1 is 1.33 bits per heavy atom. The van der Waals surface area contributed by atoms with Crippen molar-refractivity contribution in [2.24, 2.45) is 5.73 Å². The Hall–Kier alpha value is -2.01. The summed E-state index contributed by atoms with van der Waals surface area (Å²) < 4.78 is 10.5. The van der Waals surface area contributed by atoms with Gasteiger partial charge >= 0.3 is 0 Å². The Bertz CT molecular complexity index is 497. The van der Waals surface area contributed by atoms with Crippen molar-refractivity contribution in [1.82, 2.24) is 9.97 Å². The topological polar surface area (TPSA) is 73.2 Å². The Morgan fingerprint density at radius 3 is 2.78 bits per heavy atom. The maximum atomic E-state index is 6.19. The fraction of sp³-hybridized carbons (Fsp3) is 0.308. The summed E-state index contributed by atoms with van der Waals surface area (Å²) >= 11 is 0. The van der Waals surface area contributed by atoms with Crippen molar-refractivity contribution >= 4 is 0 Å². The molecule has 0 saturated heterocycles. The van der Waals surface area contributed by atoms with Crippen LogP contribution in [0, 0.1) is 0 Å². The Kier molecular flexibility index (Phi) is 3.84. The predicted molar refractivity (Wildman–Crippen MR) is 68.8 cm³/mol. The average Bonchev–Trinajstić information content (AvgIpc) is 2.90. The molecular formula is C13H17N3O2. The van der Waals surface area contributed by atoms with Gasteiger partial charge in [0.2, 0.25) is 0 Å². The van der Waals surface area contributed by atoms with Gasteiger partial charge in [0, 0.05) is 30.4 Å². The van der Waals surface area contributed by atoms with Gasteiger partial charge in [-0.15, -0.1) is 0 Å². The molecule has 0 aliphatic heterocycles.